The number of para-hydroxylation sites is 1. The van der Waals surface area contributed by atoms with Crippen molar-refractivity contribution in [3.63, 3.8) is 0 Å². The molecule has 0 spiro atoms. The first-order valence-electron chi connectivity index (χ1n) is 11.5. The third kappa shape index (κ3) is 4.89. The summed E-state index contributed by atoms with van der Waals surface area (Å²) < 4.78 is 10.8. The Morgan fingerprint density at radius 3 is 2.47 bits per heavy atom. The van der Waals surface area contributed by atoms with E-state index < -0.39 is 0 Å². The quantitative estimate of drug-likeness (QED) is 0.738. The summed E-state index contributed by atoms with van der Waals surface area (Å²) in [7, 11) is 3.13. The van der Waals surface area contributed by atoms with Crippen LogP contribution in [0.15, 0.2) is 24.3 Å². The Bertz CT molecular complexity index is 937. The fourth-order valence-electron chi connectivity index (χ4n) is 4.57. The Morgan fingerprint density at radius 2 is 1.78 bits per heavy atom. The second kappa shape index (κ2) is 10.1. The number of nitrogens with zero attached hydrogens (tertiary/aromatic N) is 4. The molecule has 1 aromatic carbocycles. The zero-order valence-electron chi connectivity index (χ0n) is 19.3. The van der Waals surface area contributed by atoms with Crippen LogP contribution in [-0.2, 0) is 0 Å². The van der Waals surface area contributed by atoms with Gasteiger partial charge in [0.25, 0.3) is 5.91 Å². The molecule has 0 atom stereocenters. The largest absolute Gasteiger partial charge is 0.493 e. The van der Waals surface area contributed by atoms with Crippen molar-refractivity contribution in [3.05, 3.63) is 35.5 Å². The molecule has 1 aliphatic carbocycles. The second-order valence-electron chi connectivity index (χ2n) is 8.49. The van der Waals surface area contributed by atoms with Gasteiger partial charge in [0, 0.05) is 44.0 Å². The minimum Gasteiger partial charge on any atom is -0.493 e. The number of nitrogens with one attached hydrogen (secondary N) is 1. The van der Waals surface area contributed by atoms with Crippen molar-refractivity contribution in [2.75, 3.05) is 50.6 Å². The van der Waals surface area contributed by atoms with Gasteiger partial charge in [0.1, 0.15) is 5.82 Å². The van der Waals surface area contributed by atoms with Crippen molar-refractivity contribution >= 4 is 17.7 Å². The number of ether oxygens (including phenoxy) is 2. The number of aromatic nitrogens is 2. The van der Waals surface area contributed by atoms with E-state index in [1.54, 1.807) is 26.4 Å². The standard InChI is InChI=1S/C24H33N5O3/c1-17-16-21(27-24(25-17)26-18-8-5-4-6-9-18)28-12-14-29(15-13-28)23(30)19-10-7-11-20(31-2)22(19)32-3/h7,10-11,16,18H,4-6,8-9,12-15H2,1-3H3,(H,25,26,27). The van der Waals surface area contributed by atoms with Gasteiger partial charge in [-0.25, -0.2) is 4.98 Å². The lowest BCUT2D eigenvalue weighted by atomic mass is 9.96. The lowest BCUT2D eigenvalue weighted by Gasteiger charge is -2.36. The first kappa shape index (κ1) is 22.2. The van der Waals surface area contributed by atoms with Crippen LogP contribution in [0.3, 0.4) is 0 Å². The maximum absolute atomic E-state index is 13.2. The monoisotopic (exact) mass is 439 g/mol. The summed E-state index contributed by atoms with van der Waals surface area (Å²) in [4.78, 5) is 26.6. The number of piperazine rings is 1. The van der Waals surface area contributed by atoms with Crippen LogP contribution in [0.1, 0.15) is 48.2 Å². The highest BCUT2D eigenvalue weighted by Crippen LogP contribution is 2.32. The Hall–Kier alpha value is -3.03. The molecule has 2 aliphatic rings. The van der Waals surface area contributed by atoms with Gasteiger partial charge in [-0.1, -0.05) is 25.3 Å². The van der Waals surface area contributed by atoms with Gasteiger partial charge in [-0.2, -0.15) is 4.98 Å². The van der Waals surface area contributed by atoms with E-state index in [1.165, 1.54) is 32.1 Å². The number of benzene rings is 1. The second-order valence-corrected chi connectivity index (χ2v) is 8.49. The Kier molecular flexibility index (Phi) is 6.97. The smallest absolute Gasteiger partial charge is 0.257 e. The summed E-state index contributed by atoms with van der Waals surface area (Å²) in [5.41, 5.74) is 1.48. The highest BCUT2D eigenvalue weighted by Gasteiger charge is 2.26. The molecule has 8 nitrogen and oxygen atoms in total. The summed E-state index contributed by atoms with van der Waals surface area (Å²) in [6.45, 7) is 4.68. The van der Waals surface area contributed by atoms with Gasteiger partial charge in [0.15, 0.2) is 11.5 Å². The fraction of sp³-hybridized carbons (Fsp3) is 0.542. The molecule has 2 aromatic rings. The van der Waals surface area contributed by atoms with E-state index in [-0.39, 0.29) is 5.91 Å². The van der Waals surface area contributed by atoms with Gasteiger partial charge in [0.05, 0.1) is 19.8 Å². The van der Waals surface area contributed by atoms with Gasteiger partial charge < -0.3 is 24.6 Å². The van der Waals surface area contributed by atoms with E-state index in [4.69, 9.17) is 14.5 Å². The summed E-state index contributed by atoms with van der Waals surface area (Å²) in [5.74, 6) is 2.63. The van der Waals surface area contributed by atoms with Gasteiger partial charge in [-0.05, 0) is 31.9 Å². The Morgan fingerprint density at radius 1 is 1.03 bits per heavy atom. The van der Waals surface area contributed by atoms with Crippen LogP contribution in [0.25, 0.3) is 0 Å². The van der Waals surface area contributed by atoms with Crippen molar-refractivity contribution in [1.82, 2.24) is 14.9 Å². The number of hydrogen-bond donors (Lipinski definition) is 1. The van der Waals surface area contributed by atoms with Crippen molar-refractivity contribution in [1.29, 1.82) is 0 Å². The summed E-state index contributed by atoms with van der Waals surface area (Å²) in [6.07, 6.45) is 6.22. The number of amides is 1. The molecule has 172 valence electrons. The number of carbonyl (C=O) groups excluding carboxylic acids is 1. The number of anilines is 2. The van der Waals surface area contributed by atoms with Crippen molar-refractivity contribution in [2.24, 2.45) is 0 Å². The summed E-state index contributed by atoms with van der Waals surface area (Å²) >= 11 is 0. The van der Waals surface area contributed by atoms with E-state index in [0.717, 1.165) is 24.6 Å². The molecule has 1 aliphatic heterocycles. The minimum atomic E-state index is -0.0427. The van der Waals surface area contributed by atoms with Crippen LogP contribution in [0.2, 0.25) is 0 Å². The molecule has 2 fully saturated rings. The predicted octanol–water partition coefficient (Wildman–Crippen LogP) is 3.51. The zero-order valence-corrected chi connectivity index (χ0v) is 19.3. The van der Waals surface area contributed by atoms with Crippen LogP contribution >= 0.6 is 0 Å². The van der Waals surface area contributed by atoms with Crippen LogP contribution in [0.5, 0.6) is 11.5 Å². The topological polar surface area (TPSA) is 79.8 Å². The number of hydrogen-bond acceptors (Lipinski definition) is 7. The fourth-order valence-corrected chi connectivity index (χ4v) is 4.57. The maximum atomic E-state index is 13.2. The van der Waals surface area contributed by atoms with E-state index in [1.807, 2.05) is 24.0 Å². The van der Waals surface area contributed by atoms with Crippen LogP contribution in [-0.4, -0.2) is 67.2 Å². The highest BCUT2D eigenvalue weighted by molar-refractivity contribution is 5.98. The molecule has 0 bridgehead atoms. The molecule has 32 heavy (non-hydrogen) atoms. The normalized spacial score (nSPS) is 17.2. The molecule has 8 heteroatoms. The molecule has 0 unspecified atom stereocenters. The molecule has 2 heterocycles. The Labute approximate surface area is 189 Å². The first-order chi connectivity index (χ1) is 15.6. The molecule has 1 aromatic heterocycles. The minimum absolute atomic E-state index is 0.0427. The molecule has 1 N–H and O–H groups in total. The average molecular weight is 440 g/mol. The van der Waals surface area contributed by atoms with Gasteiger partial charge in [0.2, 0.25) is 5.95 Å². The molecule has 1 saturated carbocycles. The number of carbonyl (C=O) groups is 1. The molecule has 0 radical (unpaired) electrons. The van der Waals surface area contributed by atoms with Gasteiger partial charge in [-0.15, -0.1) is 0 Å². The molecular weight excluding hydrogens is 406 g/mol. The molecule has 1 saturated heterocycles. The van der Waals surface area contributed by atoms with E-state index in [2.05, 4.69) is 15.2 Å². The van der Waals surface area contributed by atoms with Crippen molar-refractivity contribution < 1.29 is 14.3 Å². The summed E-state index contributed by atoms with van der Waals surface area (Å²) in [5, 5.41) is 3.53. The van der Waals surface area contributed by atoms with Gasteiger partial charge >= 0.3 is 0 Å². The third-order valence-electron chi connectivity index (χ3n) is 6.30. The van der Waals surface area contributed by atoms with Crippen LogP contribution in [0.4, 0.5) is 11.8 Å². The van der Waals surface area contributed by atoms with E-state index >= 15 is 0 Å². The first-order valence-corrected chi connectivity index (χ1v) is 11.5. The van der Waals surface area contributed by atoms with Crippen molar-refractivity contribution in [3.8, 4) is 11.5 Å². The summed E-state index contributed by atoms with van der Waals surface area (Å²) in [6, 6.07) is 7.88. The molecule has 4 rings (SSSR count). The third-order valence-corrected chi connectivity index (χ3v) is 6.30. The lowest BCUT2D eigenvalue weighted by molar-refractivity contribution is 0.0742. The van der Waals surface area contributed by atoms with E-state index in [9.17, 15) is 4.79 Å². The molecule has 1 amide bonds. The van der Waals surface area contributed by atoms with Gasteiger partial charge in [-0.3, -0.25) is 4.79 Å². The average Bonchev–Trinajstić information content (AvgIpc) is 2.83. The highest BCUT2D eigenvalue weighted by atomic mass is 16.5. The number of aryl methyl sites for hydroxylation is 1. The molecular formula is C24H33N5O3. The number of methoxy groups -OCH3 is 2. The van der Waals surface area contributed by atoms with Crippen LogP contribution in [0, 0.1) is 6.92 Å². The SMILES string of the molecule is COc1cccc(C(=O)N2CCN(c3cc(C)nc(NC4CCCCC4)n3)CC2)c1OC. The maximum Gasteiger partial charge on any atom is 0.257 e. The van der Waals surface area contributed by atoms with Crippen LogP contribution < -0.4 is 19.7 Å². The zero-order chi connectivity index (χ0) is 22.5. The van der Waals surface area contributed by atoms with E-state index in [0.29, 0.717) is 42.1 Å². The predicted molar refractivity (Wildman–Crippen MR) is 125 cm³/mol. The lowest BCUT2D eigenvalue weighted by Crippen LogP contribution is -2.49. The van der Waals surface area contributed by atoms with Crippen molar-refractivity contribution in [2.45, 2.75) is 45.1 Å². The number of rotatable bonds is 6. The Balaban J connectivity index is 1.42.